The Labute approximate surface area is 225 Å². The van der Waals surface area contributed by atoms with Crippen molar-refractivity contribution in [3.05, 3.63) is 91.1 Å². The van der Waals surface area contributed by atoms with E-state index in [9.17, 15) is 19.2 Å². The molecule has 1 aromatic carbocycles. The Balaban J connectivity index is -0.000000440. The maximum absolute atomic E-state index is 10.7. The van der Waals surface area contributed by atoms with Crippen molar-refractivity contribution in [1.82, 2.24) is 0 Å². The zero-order valence-electron chi connectivity index (χ0n) is 22.4. The van der Waals surface area contributed by atoms with E-state index in [1.807, 2.05) is 50.3 Å². The first-order valence-corrected chi connectivity index (χ1v) is 11.9. The van der Waals surface area contributed by atoms with Gasteiger partial charge in [0.2, 0.25) is 0 Å². The predicted octanol–water partition coefficient (Wildman–Crippen LogP) is 6.25. The minimum Gasteiger partial charge on any atom is -0.478 e. The number of aliphatic carboxylic acids is 2. The molecule has 0 amide bonds. The number of unbranched alkanes of at least 4 members (excludes halogenated alkanes) is 1. The molecule has 0 atom stereocenters. The number of allylic oxidation sites excluding steroid dienone is 1. The minimum atomic E-state index is -1.17. The summed E-state index contributed by atoms with van der Waals surface area (Å²) >= 11 is 0. The van der Waals surface area contributed by atoms with Crippen molar-refractivity contribution in [3.63, 3.8) is 0 Å². The number of carbonyl (C=O) groups is 4. The topological polar surface area (TPSA) is 147 Å². The van der Waals surface area contributed by atoms with Crippen molar-refractivity contribution < 1.29 is 44.3 Å². The lowest BCUT2D eigenvalue weighted by atomic mass is 10.2. The molecule has 9 nitrogen and oxygen atoms in total. The molecular formula is C29H40O9. The molecule has 0 fully saturated rings. The molecule has 0 aliphatic heterocycles. The van der Waals surface area contributed by atoms with Crippen LogP contribution in [0, 0.1) is 0 Å². The van der Waals surface area contributed by atoms with Gasteiger partial charge in [-0.15, -0.1) is 0 Å². The number of carboxylic acid groups (broad SMARTS) is 2. The molecule has 0 spiro atoms. The largest absolute Gasteiger partial charge is 0.478 e. The van der Waals surface area contributed by atoms with Gasteiger partial charge in [-0.3, -0.25) is 4.89 Å². The maximum Gasteiger partial charge on any atom is 0.372 e. The summed E-state index contributed by atoms with van der Waals surface area (Å²) in [6.45, 7) is 16.5. The number of rotatable bonds is 12. The van der Waals surface area contributed by atoms with E-state index in [-0.39, 0.29) is 11.5 Å². The molecule has 0 aliphatic carbocycles. The van der Waals surface area contributed by atoms with Crippen LogP contribution >= 0.6 is 0 Å². The Hall–Kier alpha value is -4.24. The molecule has 0 aliphatic rings. The third-order valence-corrected chi connectivity index (χ3v) is 3.95. The summed E-state index contributed by atoms with van der Waals surface area (Å²) in [7, 11) is 0. The lowest BCUT2D eigenvalue weighted by Crippen LogP contribution is -2.03. The van der Waals surface area contributed by atoms with Crippen molar-refractivity contribution in [2.45, 2.75) is 52.9 Å². The predicted molar refractivity (Wildman–Crippen MR) is 148 cm³/mol. The van der Waals surface area contributed by atoms with Crippen LogP contribution in [0.3, 0.4) is 0 Å². The normalized spacial score (nSPS) is 9.63. The second kappa shape index (κ2) is 27.3. The maximum atomic E-state index is 10.7. The van der Waals surface area contributed by atoms with Gasteiger partial charge in [0.05, 0.1) is 12.2 Å². The second-order valence-electron chi connectivity index (χ2n) is 7.12. The van der Waals surface area contributed by atoms with Crippen LogP contribution < -0.4 is 0 Å². The van der Waals surface area contributed by atoms with Gasteiger partial charge in [0.1, 0.15) is 0 Å². The van der Waals surface area contributed by atoms with E-state index in [4.69, 9.17) is 15.5 Å². The number of hydrogen-bond acceptors (Lipinski definition) is 7. The van der Waals surface area contributed by atoms with Crippen LogP contribution in [0.4, 0.5) is 0 Å². The molecule has 0 aromatic heterocycles. The molecule has 210 valence electrons. The molecule has 0 bridgehead atoms. The van der Waals surface area contributed by atoms with Crippen LogP contribution in [-0.4, -0.2) is 46.0 Å². The van der Waals surface area contributed by atoms with Crippen molar-refractivity contribution in [1.29, 1.82) is 0 Å². The van der Waals surface area contributed by atoms with Crippen LogP contribution in [0.2, 0.25) is 0 Å². The van der Waals surface area contributed by atoms with E-state index in [1.165, 1.54) is 17.7 Å². The van der Waals surface area contributed by atoms with Crippen molar-refractivity contribution in [2.75, 3.05) is 6.61 Å². The van der Waals surface area contributed by atoms with Crippen LogP contribution in [0.5, 0.6) is 0 Å². The summed E-state index contributed by atoms with van der Waals surface area (Å²) in [6.07, 6.45) is 10.3. The van der Waals surface area contributed by atoms with Gasteiger partial charge in [-0.1, -0.05) is 95.8 Å². The smallest absolute Gasteiger partial charge is 0.372 e. The van der Waals surface area contributed by atoms with Gasteiger partial charge in [0.25, 0.3) is 0 Å². The van der Waals surface area contributed by atoms with Crippen molar-refractivity contribution in [2.24, 2.45) is 0 Å². The van der Waals surface area contributed by atoms with Gasteiger partial charge in [-0.25, -0.2) is 19.2 Å². The highest BCUT2D eigenvalue weighted by atomic mass is 17.1. The molecule has 3 N–H and O–H groups in total. The van der Waals surface area contributed by atoms with E-state index in [2.05, 4.69) is 29.4 Å². The van der Waals surface area contributed by atoms with E-state index in [0.29, 0.717) is 25.0 Å². The van der Waals surface area contributed by atoms with Gasteiger partial charge in [0, 0.05) is 17.7 Å². The van der Waals surface area contributed by atoms with Gasteiger partial charge in [-0.2, -0.15) is 5.26 Å². The summed E-state index contributed by atoms with van der Waals surface area (Å²) in [4.78, 5) is 44.6. The molecule has 0 unspecified atom stereocenters. The quantitative estimate of drug-likeness (QED) is 0.0709. The number of benzene rings is 1. The van der Waals surface area contributed by atoms with Crippen molar-refractivity contribution >= 4 is 30.0 Å². The van der Waals surface area contributed by atoms with E-state index in [1.54, 1.807) is 6.92 Å². The Morgan fingerprint density at radius 2 is 1.55 bits per heavy atom. The van der Waals surface area contributed by atoms with Crippen LogP contribution in [0.1, 0.15) is 58.4 Å². The third kappa shape index (κ3) is 26.4. The number of carboxylic acids is 2. The SMILES string of the molecule is C=C(CCC)C(=O)O.C=CC(=O)OCCCC.C=Cc1ccccc1.CCC=C(C=CC(=O)O)C(=O)OO. The molecule has 1 rings (SSSR count). The van der Waals surface area contributed by atoms with Gasteiger partial charge in [0.15, 0.2) is 0 Å². The van der Waals surface area contributed by atoms with Crippen LogP contribution in [-0.2, 0) is 28.8 Å². The number of hydrogen-bond donors (Lipinski definition) is 3. The van der Waals surface area contributed by atoms with Gasteiger partial charge < -0.3 is 14.9 Å². The summed E-state index contributed by atoms with van der Waals surface area (Å²) in [6, 6.07) is 10.0. The number of esters is 1. The lowest BCUT2D eigenvalue weighted by Gasteiger charge is -1.97. The Morgan fingerprint density at radius 3 is 1.89 bits per heavy atom. The summed E-state index contributed by atoms with van der Waals surface area (Å²) in [5.41, 5.74) is 1.48. The molecule has 9 heteroatoms. The van der Waals surface area contributed by atoms with E-state index in [0.717, 1.165) is 31.4 Å². The Bertz CT molecular complexity index is 913. The average molecular weight is 533 g/mol. The fourth-order valence-electron chi connectivity index (χ4n) is 2.03. The Kier molecular flexibility index (Phi) is 27.6. The minimum absolute atomic E-state index is 0.00685. The highest BCUT2D eigenvalue weighted by Gasteiger charge is 2.06. The first-order valence-electron chi connectivity index (χ1n) is 11.9. The summed E-state index contributed by atoms with van der Waals surface area (Å²) < 4.78 is 4.67. The number of ether oxygens (including phenoxy) is 1. The molecule has 0 heterocycles. The third-order valence-electron chi connectivity index (χ3n) is 3.95. The highest BCUT2D eigenvalue weighted by molar-refractivity contribution is 5.93. The first-order chi connectivity index (χ1) is 18.0. The molecule has 0 radical (unpaired) electrons. The monoisotopic (exact) mass is 532 g/mol. The molecule has 1 aromatic rings. The lowest BCUT2D eigenvalue weighted by molar-refractivity contribution is -0.229. The van der Waals surface area contributed by atoms with E-state index >= 15 is 0 Å². The van der Waals surface area contributed by atoms with E-state index < -0.39 is 17.9 Å². The standard InChI is InChI=1S/C8H10O5.C8H8.C7H12O2.C6H10O2/c1-2-3-6(8(11)13-12)4-5-7(9)10;1-2-8-6-4-3-5-7-8;1-3-5-6-9-7(8)4-2;1-3-4-5(2)6(7)8/h3-5,12H,2H2,1H3,(H,9,10);2-7H,1H2;4H,2-3,5-6H2,1H3;2-4H2,1H3,(H,7,8). The Morgan fingerprint density at radius 1 is 0.947 bits per heavy atom. The first kappa shape index (κ1) is 38.3. The summed E-state index contributed by atoms with van der Waals surface area (Å²) in [5, 5.41) is 24.5. The van der Waals surface area contributed by atoms with Crippen molar-refractivity contribution in [3.8, 4) is 0 Å². The van der Waals surface area contributed by atoms with Gasteiger partial charge >= 0.3 is 23.9 Å². The average Bonchev–Trinajstić information content (AvgIpc) is 2.92. The highest BCUT2D eigenvalue weighted by Crippen LogP contribution is 2.02. The molecule has 0 saturated heterocycles. The fourth-order valence-corrected chi connectivity index (χ4v) is 2.03. The molecular weight excluding hydrogens is 492 g/mol. The van der Waals surface area contributed by atoms with Crippen LogP contribution in [0.15, 0.2) is 85.5 Å². The molecule has 0 saturated carbocycles. The summed E-state index contributed by atoms with van der Waals surface area (Å²) in [5.74, 6) is -3.36. The zero-order chi connectivity index (χ0) is 29.8. The second-order valence-corrected chi connectivity index (χ2v) is 7.12. The zero-order valence-corrected chi connectivity index (χ0v) is 22.4. The van der Waals surface area contributed by atoms with Gasteiger partial charge in [-0.05, 0) is 30.9 Å². The van der Waals surface area contributed by atoms with Crippen LogP contribution in [0.25, 0.3) is 6.08 Å². The number of carbonyl (C=O) groups excluding carboxylic acids is 2. The fraction of sp³-hybridized carbons (Fsp3) is 0.310. The molecule has 38 heavy (non-hydrogen) atoms.